The summed E-state index contributed by atoms with van der Waals surface area (Å²) in [5, 5.41) is 2.72. The van der Waals surface area contributed by atoms with Crippen LogP contribution in [-0.2, 0) is 11.2 Å². The first kappa shape index (κ1) is 13.2. The Kier molecular flexibility index (Phi) is 4.23. The van der Waals surface area contributed by atoms with Crippen LogP contribution in [0.4, 0.5) is 10.2 Å². The average Bonchev–Trinajstić information content (AvgIpc) is 2.36. The van der Waals surface area contributed by atoms with Gasteiger partial charge in [0, 0.05) is 12.6 Å². The van der Waals surface area contributed by atoms with Gasteiger partial charge in [-0.1, -0.05) is 12.1 Å². The SMILES string of the molecule is Cc1ccnc(NC(=O)CCc2cccc(F)c2)c1. The van der Waals surface area contributed by atoms with Crippen molar-refractivity contribution in [3.8, 4) is 0 Å². The smallest absolute Gasteiger partial charge is 0.225 e. The van der Waals surface area contributed by atoms with Gasteiger partial charge in [-0.05, 0) is 48.7 Å². The molecule has 0 spiro atoms. The van der Waals surface area contributed by atoms with Crippen molar-refractivity contribution in [2.45, 2.75) is 19.8 Å². The quantitative estimate of drug-likeness (QED) is 0.915. The fraction of sp³-hybridized carbons (Fsp3) is 0.200. The first-order chi connectivity index (χ1) is 9.13. The fourth-order valence-electron chi connectivity index (χ4n) is 1.76. The Hall–Kier alpha value is -2.23. The van der Waals surface area contributed by atoms with Crippen molar-refractivity contribution in [3.05, 3.63) is 59.5 Å². The van der Waals surface area contributed by atoms with E-state index in [-0.39, 0.29) is 11.7 Å². The average molecular weight is 258 g/mol. The highest BCUT2D eigenvalue weighted by atomic mass is 19.1. The van der Waals surface area contributed by atoms with Gasteiger partial charge in [0.25, 0.3) is 0 Å². The second kappa shape index (κ2) is 6.09. The fourth-order valence-corrected chi connectivity index (χ4v) is 1.76. The van der Waals surface area contributed by atoms with E-state index >= 15 is 0 Å². The van der Waals surface area contributed by atoms with Crippen LogP contribution in [0.2, 0.25) is 0 Å². The Morgan fingerprint density at radius 3 is 2.89 bits per heavy atom. The summed E-state index contributed by atoms with van der Waals surface area (Å²) in [6, 6.07) is 9.95. The largest absolute Gasteiger partial charge is 0.311 e. The number of carbonyl (C=O) groups excluding carboxylic acids is 1. The minimum absolute atomic E-state index is 0.123. The molecule has 1 N–H and O–H groups in total. The first-order valence-corrected chi connectivity index (χ1v) is 6.10. The molecule has 0 saturated carbocycles. The molecule has 0 aliphatic carbocycles. The van der Waals surface area contributed by atoms with Crippen LogP contribution in [-0.4, -0.2) is 10.9 Å². The van der Waals surface area contributed by atoms with Gasteiger partial charge >= 0.3 is 0 Å². The number of halogens is 1. The Balaban J connectivity index is 1.88. The molecule has 19 heavy (non-hydrogen) atoms. The third-order valence-electron chi connectivity index (χ3n) is 2.71. The number of aryl methyl sites for hydroxylation is 2. The molecule has 0 aliphatic rings. The predicted octanol–water partition coefficient (Wildman–Crippen LogP) is 3.10. The minimum Gasteiger partial charge on any atom is -0.311 e. The van der Waals surface area contributed by atoms with Crippen molar-refractivity contribution in [3.63, 3.8) is 0 Å². The van der Waals surface area contributed by atoms with Crippen LogP contribution in [0.1, 0.15) is 17.5 Å². The molecule has 1 aromatic heterocycles. The topological polar surface area (TPSA) is 42.0 Å². The third kappa shape index (κ3) is 4.17. The highest BCUT2D eigenvalue weighted by Crippen LogP contribution is 2.09. The highest BCUT2D eigenvalue weighted by molar-refractivity contribution is 5.89. The van der Waals surface area contributed by atoms with Gasteiger partial charge in [-0.25, -0.2) is 9.37 Å². The van der Waals surface area contributed by atoms with E-state index in [0.29, 0.717) is 18.7 Å². The molecule has 2 rings (SSSR count). The number of hydrogen-bond donors (Lipinski definition) is 1. The van der Waals surface area contributed by atoms with Crippen molar-refractivity contribution < 1.29 is 9.18 Å². The molecule has 0 saturated heterocycles. The summed E-state index contributed by atoms with van der Waals surface area (Å²) in [7, 11) is 0. The molecule has 98 valence electrons. The molecular formula is C15H15FN2O. The zero-order chi connectivity index (χ0) is 13.7. The number of carbonyl (C=O) groups is 1. The summed E-state index contributed by atoms with van der Waals surface area (Å²) in [5.74, 6) is 0.143. The second-order valence-electron chi connectivity index (χ2n) is 4.40. The van der Waals surface area contributed by atoms with Gasteiger partial charge in [0.1, 0.15) is 11.6 Å². The molecule has 0 bridgehead atoms. The van der Waals surface area contributed by atoms with E-state index in [1.807, 2.05) is 13.0 Å². The van der Waals surface area contributed by atoms with Crippen molar-refractivity contribution in [1.82, 2.24) is 4.98 Å². The maximum Gasteiger partial charge on any atom is 0.225 e. The summed E-state index contributed by atoms with van der Waals surface area (Å²) in [4.78, 5) is 15.8. The first-order valence-electron chi connectivity index (χ1n) is 6.10. The van der Waals surface area contributed by atoms with Crippen LogP contribution in [0.15, 0.2) is 42.6 Å². The highest BCUT2D eigenvalue weighted by Gasteiger charge is 2.04. The van der Waals surface area contributed by atoms with E-state index in [2.05, 4.69) is 10.3 Å². The third-order valence-corrected chi connectivity index (χ3v) is 2.71. The Bertz CT molecular complexity index is 584. The van der Waals surface area contributed by atoms with E-state index in [1.54, 1.807) is 24.4 Å². The number of anilines is 1. The van der Waals surface area contributed by atoms with Crippen LogP contribution < -0.4 is 5.32 Å². The van der Waals surface area contributed by atoms with Crippen molar-refractivity contribution in [2.75, 3.05) is 5.32 Å². The summed E-state index contributed by atoms with van der Waals surface area (Å²) in [6.45, 7) is 1.93. The molecule has 0 aliphatic heterocycles. The number of hydrogen-bond acceptors (Lipinski definition) is 2. The molecule has 4 heteroatoms. The van der Waals surface area contributed by atoms with E-state index in [1.165, 1.54) is 12.1 Å². The maximum absolute atomic E-state index is 13.0. The molecular weight excluding hydrogens is 243 g/mol. The molecule has 3 nitrogen and oxygen atoms in total. The molecule has 0 unspecified atom stereocenters. The number of amides is 1. The molecule has 0 fully saturated rings. The lowest BCUT2D eigenvalue weighted by molar-refractivity contribution is -0.116. The lowest BCUT2D eigenvalue weighted by Gasteiger charge is -2.05. The van der Waals surface area contributed by atoms with Crippen LogP contribution in [0, 0.1) is 12.7 Å². The van der Waals surface area contributed by atoms with Gasteiger partial charge in [0.2, 0.25) is 5.91 Å². The van der Waals surface area contributed by atoms with Gasteiger partial charge in [-0.3, -0.25) is 4.79 Å². The summed E-state index contributed by atoms with van der Waals surface area (Å²) in [5.41, 5.74) is 1.85. The molecule has 0 radical (unpaired) electrons. The normalized spacial score (nSPS) is 10.2. The Morgan fingerprint density at radius 1 is 1.32 bits per heavy atom. The maximum atomic E-state index is 13.0. The zero-order valence-corrected chi connectivity index (χ0v) is 10.7. The predicted molar refractivity (Wildman–Crippen MR) is 72.3 cm³/mol. The van der Waals surface area contributed by atoms with Gasteiger partial charge < -0.3 is 5.32 Å². The number of pyridine rings is 1. The van der Waals surface area contributed by atoms with Crippen LogP contribution in [0.3, 0.4) is 0 Å². The number of benzene rings is 1. The zero-order valence-electron chi connectivity index (χ0n) is 10.7. The molecule has 0 atom stereocenters. The van der Waals surface area contributed by atoms with E-state index < -0.39 is 0 Å². The molecule has 2 aromatic rings. The molecule has 1 amide bonds. The summed E-state index contributed by atoms with van der Waals surface area (Å²) in [6.07, 6.45) is 2.46. The Morgan fingerprint density at radius 2 is 2.16 bits per heavy atom. The van der Waals surface area contributed by atoms with E-state index in [4.69, 9.17) is 0 Å². The van der Waals surface area contributed by atoms with E-state index in [0.717, 1.165) is 11.1 Å². The van der Waals surface area contributed by atoms with Crippen molar-refractivity contribution >= 4 is 11.7 Å². The van der Waals surface area contributed by atoms with Crippen molar-refractivity contribution in [1.29, 1.82) is 0 Å². The number of rotatable bonds is 4. The number of aromatic nitrogens is 1. The van der Waals surface area contributed by atoms with Gasteiger partial charge in [-0.15, -0.1) is 0 Å². The van der Waals surface area contributed by atoms with Gasteiger partial charge in [0.05, 0.1) is 0 Å². The van der Waals surface area contributed by atoms with Crippen LogP contribution in [0.5, 0.6) is 0 Å². The van der Waals surface area contributed by atoms with Gasteiger partial charge in [0.15, 0.2) is 0 Å². The van der Waals surface area contributed by atoms with Crippen molar-refractivity contribution in [2.24, 2.45) is 0 Å². The standard InChI is InChI=1S/C15H15FN2O/c1-11-7-8-17-14(9-11)18-15(19)6-5-12-3-2-4-13(16)10-12/h2-4,7-10H,5-6H2,1H3,(H,17,18,19). The van der Waals surface area contributed by atoms with E-state index in [9.17, 15) is 9.18 Å². The summed E-state index contributed by atoms with van der Waals surface area (Å²) < 4.78 is 13.0. The molecule has 1 heterocycles. The number of nitrogens with zero attached hydrogens (tertiary/aromatic N) is 1. The lowest BCUT2D eigenvalue weighted by atomic mass is 10.1. The number of nitrogens with one attached hydrogen (secondary N) is 1. The monoisotopic (exact) mass is 258 g/mol. The Labute approximate surface area is 111 Å². The second-order valence-corrected chi connectivity index (χ2v) is 4.40. The van der Waals surface area contributed by atoms with Gasteiger partial charge in [-0.2, -0.15) is 0 Å². The summed E-state index contributed by atoms with van der Waals surface area (Å²) >= 11 is 0. The van der Waals surface area contributed by atoms with Crippen LogP contribution in [0.25, 0.3) is 0 Å². The molecule has 1 aromatic carbocycles. The van der Waals surface area contributed by atoms with Crippen LogP contribution >= 0.6 is 0 Å². The lowest BCUT2D eigenvalue weighted by Crippen LogP contribution is -2.13. The minimum atomic E-state index is -0.279.